The molecule has 1 aromatic rings. The number of amidine groups is 1. The minimum absolute atomic E-state index is 0.0691. The van der Waals surface area contributed by atoms with E-state index < -0.39 is 0 Å². The third kappa shape index (κ3) is 5.28. The maximum absolute atomic E-state index is 7.31. The van der Waals surface area contributed by atoms with Crippen LogP contribution in [0.15, 0.2) is 24.3 Å². The van der Waals surface area contributed by atoms with Crippen molar-refractivity contribution < 1.29 is 9.47 Å². The smallest absolute Gasteiger partial charge is 0.122 e. The van der Waals surface area contributed by atoms with Gasteiger partial charge in [-0.05, 0) is 38.2 Å². The quantitative estimate of drug-likeness (QED) is 0.549. The van der Waals surface area contributed by atoms with Crippen LogP contribution >= 0.6 is 0 Å². The molecule has 1 unspecified atom stereocenters. The summed E-state index contributed by atoms with van der Waals surface area (Å²) in [5.74, 6) is 0.859. The van der Waals surface area contributed by atoms with Crippen LogP contribution in [0.25, 0.3) is 0 Å². The molecule has 1 aromatic carbocycles. The molecule has 19 heavy (non-hydrogen) atoms. The van der Waals surface area contributed by atoms with Gasteiger partial charge in [0.2, 0.25) is 0 Å². The first-order valence-corrected chi connectivity index (χ1v) is 6.31. The number of nitrogen functional groups attached to an aromatic ring is 1. The molecule has 0 aliphatic heterocycles. The Kier molecular flexibility index (Phi) is 6.32. The Morgan fingerprint density at radius 2 is 2.00 bits per heavy atom. The molecule has 0 fully saturated rings. The van der Waals surface area contributed by atoms with Crippen LogP contribution in [0.3, 0.4) is 0 Å². The zero-order chi connectivity index (χ0) is 14.3. The van der Waals surface area contributed by atoms with Gasteiger partial charge in [-0.1, -0.05) is 0 Å². The summed E-state index contributed by atoms with van der Waals surface area (Å²) in [5, 5.41) is 7.31. The average Bonchev–Trinajstić information content (AvgIpc) is 2.39. The summed E-state index contributed by atoms with van der Waals surface area (Å²) in [6, 6.07) is 7.60. The van der Waals surface area contributed by atoms with Crippen molar-refractivity contribution in [1.82, 2.24) is 4.90 Å². The lowest BCUT2D eigenvalue weighted by atomic mass is 10.2. The third-order valence-corrected chi connectivity index (χ3v) is 3.04. The Bertz CT molecular complexity index is 392. The summed E-state index contributed by atoms with van der Waals surface area (Å²) in [4.78, 5) is 2.19. The molecule has 0 bridgehead atoms. The van der Waals surface area contributed by atoms with E-state index in [4.69, 9.17) is 20.6 Å². The van der Waals surface area contributed by atoms with Crippen LogP contribution in [0.1, 0.15) is 12.5 Å². The predicted octanol–water partition coefficient (Wildman–Crippen LogP) is 1.32. The second-order valence-electron chi connectivity index (χ2n) is 4.57. The number of rotatable bonds is 8. The minimum Gasteiger partial charge on any atom is -0.492 e. The molecule has 0 aromatic heterocycles. The van der Waals surface area contributed by atoms with Gasteiger partial charge in [-0.15, -0.1) is 0 Å². The van der Waals surface area contributed by atoms with Crippen molar-refractivity contribution in [2.45, 2.75) is 13.0 Å². The van der Waals surface area contributed by atoms with Gasteiger partial charge in [0.15, 0.2) is 0 Å². The molecule has 0 heterocycles. The van der Waals surface area contributed by atoms with E-state index in [1.54, 1.807) is 19.2 Å². The standard InChI is InChI=1S/C14H23N3O2/c1-11(10-18-3)17(2)8-9-19-13-6-4-12(5-7-13)14(15)16/h4-7,11H,8-10H2,1-3H3,(H3,15,16). The van der Waals surface area contributed by atoms with Crippen molar-refractivity contribution in [3.05, 3.63) is 29.8 Å². The lowest BCUT2D eigenvalue weighted by molar-refractivity contribution is 0.105. The zero-order valence-corrected chi connectivity index (χ0v) is 11.8. The van der Waals surface area contributed by atoms with Crippen molar-refractivity contribution in [2.75, 3.05) is 33.9 Å². The van der Waals surface area contributed by atoms with E-state index in [9.17, 15) is 0 Å². The molecule has 0 aliphatic rings. The van der Waals surface area contributed by atoms with Crippen molar-refractivity contribution in [3.63, 3.8) is 0 Å². The summed E-state index contributed by atoms with van der Waals surface area (Å²) in [6.07, 6.45) is 0. The molecule has 0 spiro atoms. The zero-order valence-electron chi connectivity index (χ0n) is 11.8. The number of methoxy groups -OCH3 is 1. The molecule has 106 valence electrons. The molecule has 3 N–H and O–H groups in total. The van der Waals surface area contributed by atoms with Gasteiger partial charge in [-0.2, -0.15) is 0 Å². The predicted molar refractivity (Wildman–Crippen MR) is 76.9 cm³/mol. The number of benzene rings is 1. The molecule has 0 radical (unpaired) electrons. The number of nitrogens with one attached hydrogen (secondary N) is 1. The van der Waals surface area contributed by atoms with Crippen molar-refractivity contribution in [2.24, 2.45) is 5.73 Å². The molecular formula is C14H23N3O2. The van der Waals surface area contributed by atoms with E-state index in [0.717, 1.165) is 12.3 Å². The molecule has 5 nitrogen and oxygen atoms in total. The Hall–Kier alpha value is -1.59. The minimum atomic E-state index is 0.0691. The first-order valence-electron chi connectivity index (χ1n) is 6.31. The van der Waals surface area contributed by atoms with E-state index in [-0.39, 0.29) is 5.84 Å². The highest BCUT2D eigenvalue weighted by Crippen LogP contribution is 2.11. The normalized spacial score (nSPS) is 12.4. The second-order valence-corrected chi connectivity index (χ2v) is 4.57. The van der Waals surface area contributed by atoms with Gasteiger partial charge in [0.25, 0.3) is 0 Å². The highest BCUT2D eigenvalue weighted by atomic mass is 16.5. The fourth-order valence-electron chi connectivity index (χ4n) is 1.63. The van der Waals surface area contributed by atoms with Crippen molar-refractivity contribution >= 4 is 5.84 Å². The topological polar surface area (TPSA) is 71.6 Å². The van der Waals surface area contributed by atoms with Gasteiger partial charge in [0, 0.05) is 25.3 Å². The van der Waals surface area contributed by atoms with E-state index in [0.29, 0.717) is 24.8 Å². The molecular weight excluding hydrogens is 242 g/mol. The number of hydrogen-bond acceptors (Lipinski definition) is 4. The van der Waals surface area contributed by atoms with Crippen LogP contribution in [0.2, 0.25) is 0 Å². The fourth-order valence-corrected chi connectivity index (χ4v) is 1.63. The van der Waals surface area contributed by atoms with Gasteiger partial charge in [0.1, 0.15) is 18.2 Å². The largest absolute Gasteiger partial charge is 0.492 e. The van der Waals surface area contributed by atoms with Crippen LogP contribution in [-0.2, 0) is 4.74 Å². The van der Waals surface area contributed by atoms with Crippen LogP contribution in [0.4, 0.5) is 0 Å². The van der Waals surface area contributed by atoms with Gasteiger partial charge in [0.05, 0.1) is 6.61 Å². The van der Waals surface area contributed by atoms with E-state index in [1.165, 1.54) is 0 Å². The third-order valence-electron chi connectivity index (χ3n) is 3.04. The highest BCUT2D eigenvalue weighted by molar-refractivity contribution is 5.94. The first kappa shape index (κ1) is 15.5. The maximum Gasteiger partial charge on any atom is 0.122 e. The maximum atomic E-state index is 7.31. The molecule has 0 saturated carbocycles. The van der Waals surface area contributed by atoms with Crippen LogP contribution < -0.4 is 10.5 Å². The van der Waals surface area contributed by atoms with E-state index >= 15 is 0 Å². The van der Waals surface area contributed by atoms with Crippen molar-refractivity contribution in [3.8, 4) is 5.75 Å². The highest BCUT2D eigenvalue weighted by Gasteiger charge is 2.08. The molecule has 0 amide bonds. The van der Waals surface area contributed by atoms with Gasteiger partial charge in [-0.25, -0.2) is 0 Å². The molecule has 1 rings (SSSR count). The summed E-state index contributed by atoms with van der Waals surface area (Å²) in [5.41, 5.74) is 6.10. The average molecular weight is 265 g/mol. The summed E-state index contributed by atoms with van der Waals surface area (Å²) < 4.78 is 10.8. The molecule has 1 atom stereocenters. The van der Waals surface area contributed by atoms with Gasteiger partial charge >= 0.3 is 0 Å². The number of likely N-dealkylation sites (N-methyl/N-ethyl adjacent to an activating group) is 1. The SMILES string of the molecule is COCC(C)N(C)CCOc1ccc(C(=N)N)cc1. The Morgan fingerprint density at radius 1 is 1.37 bits per heavy atom. The first-order chi connectivity index (χ1) is 9.04. The number of hydrogen-bond donors (Lipinski definition) is 2. The van der Waals surface area contributed by atoms with Crippen LogP contribution in [-0.4, -0.2) is 50.7 Å². The summed E-state index contributed by atoms with van der Waals surface area (Å²) in [7, 11) is 3.75. The van der Waals surface area contributed by atoms with E-state index in [1.807, 2.05) is 19.2 Å². The number of nitrogens with two attached hydrogens (primary N) is 1. The number of ether oxygens (including phenoxy) is 2. The fraction of sp³-hybridized carbons (Fsp3) is 0.500. The monoisotopic (exact) mass is 265 g/mol. The van der Waals surface area contributed by atoms with Crippen LogP contribution in [0, 0.1) is 5.41 Å². The van der Waals surface area contributed by atoms with Gasteiger partial charge in [-0.3, -0.25) is 10.3 Å². The second kappa shape index (κ2) is 7.76. The van der Waals surface area contributed by atoms with Crippen LogP contribution in [0.5, 0.6) is 5.75 Å². The van der Waals surface area contributed by atoms with Gasteiger partial charge < -0.3 is 15.2 Å². The Labute approximate surface area is 114 Å². The Balaban J connectivity index is 2.34. The summed E-state index contributed by atoms with van der Waals surface area (Å²) >= 11 is 0. The van der Waals surface area contributed by atoms with Crippen molar-refractivity contribution in [1.29, 1.82) is 5.41 Å². The molecule has 5 heteroatoms. The summed E-state index contributed by atoms with van der Waals surface area (Å²) in [6.45, 7) is 4.28. The lowest BCUT2D eigenvalue weighted by Gasteiger charge is -2.23. The lowest BCUT2D eigenvalue weighted by Crippen LogP contribution is -2.35. The van der Waals surface area contributed by atoms with E-state index in [2.05, 4.69) is 11.8 Å². The number of nitrogens with zero attached hydrogens (tertiary/aromatic N) is 1. The molecule has 0 saturated heterocycles. The molecule has 0 aliphatic carbocycles. The Morgan fingerprint density at radius 3 is 2.53 bits per heavy atom.